The highest BCUT2D eigenvalue weighted by Gasteiger charge is 2.10. The molecule has 2 aromatic heterocycles. The van der Waals surface area contributed by atoms with Crippen LogP contribution >= 0.6 is 22.7 Å². The molecule has 0 saturated carbocycles. The van der Waals surface area contributed by atoms with Crippen LogP contribution in [0.3, 0.4) is 0 Å². The zero-order valence-corrected chi connectivity index (χ0v) is 13.9. The second-order valence-electron chi connectivity index (χ2n) is 5.33. The number of aromatic nitrogens is 1. The predicted molar refractivity (Wildman–Crippen MR) is 98.4 cm³/mol. The molecule has 4 aromatic rings. The van der Waals surface area contributed by atoms with Crippen molar-refractivity contribution in [2.24, 2.45) is 0 Å². The highest BCUT2D eigenvalue weighted by molar-refractivity contribution is 7.22. The average molecular weight is 338 g/mol. The number of carbonyl (C=O) groups excluding carboxylic acids is 1. The van der Waals surface area contributed by atoms with Gasteiger partial charge in [-0.1, -0.05) is 41.7 Å². The summed E-state index contributed by atoms with van der Waals surface area (Å²) in [5.41, 5.74) is 2.17. The quantitative estimate of drug-likeness (QED) is 0.563. The lowest BCUT2D eigenvalue weighted by Crippen LogP contribution is -2.11. The number of nitrogens with zero attached hydrogens (tertiary/aromatic N) is 1. The van der Waals surface area contributed by atoms with Crippen LogP contribution in [0.25, 0.3) is 21.0 Å². The Bertz CT molecular complexity index is 973. The zero-order valence-electron chi connectivity index (χ0n) is 12.3. The number of amides is 1. The van der Waals surface area contributed by atoms with Crippen LogP contribution in [0.5, 0.6) is 0 Å². The molecule has 0 bridgehead atoms. The Morgan fingerprint density at radius 3 is 2.91 bits per heavy atom. The second-order valence-corrected chi connectivity index (χ2v) is 7.14. The van der Waals surface area contributed by atoms with Gasteiger partial charge in [0.05, 0.1) is 10.2 Å². The average Bonchev–Trinajstić information content (AvgIpc) is 3.22. The fraction of sp³-hybridized carbons (Fsp3) is 0.111. The number of carbonyl (C=O) groups is 1. The number of benzene rings is 2. The number of hydrogen-bond acceptors (Lipinski definition) is 4. The standard InChI is InChI=1S/C18H14N2OS2/c21-16(8-5-12-9-10-22-11-12)19-18-20-17-14-4-2-1-3-13(14)6-7-15(17)23-18/h1-4,6-7,9-11H,5,8H2,(H,19,20,21). The maximum absolute atomic E-state index is 12.1. The summed E-state index contributed by atoms with van der Waals surface area (Å²) >= 11 is 3.18. The molecule has 0 aliphatic carbocycles. The molecule has 23 heavy (non-hydrogen) atoms. The van der Waals surface area contributed by atoms with E-state index in [2.05, 4.69) is 46.0 Å². The lowest BCUT2D eigenvalue weighted by atomic mass is 10.1. The van der Waals surface area contributed by atoms with E-state index in [4.69, 9.17) is 0 Å². The smallest absolute Gasteiger partial charge is 0.226 e. The lowest BCUT2D eigenvalue weighted by Gasteiger charge is -2.00. The van der Waals surface area contributed by atoms with E-state index in [1.807, 2.05) is 17.5 Å². The molecule has 0 fully saturated rings. The van der Waals surface area contributed by atoms with Crippen molar-refractivity contribution in [2.45, 2.75) is 12.8 Å². The molecule has 0 saturated heterocycles. The maximum Gasteiger partial charge on any atom is 0.226 e. The van der Waals surface area contributed by atoms with Gasteiger partial charge in [0.15, 0.2) is 5.13 Å². The summed E-state index contributed by atoms with van der Waals surface area (Å²) in [6, 6.07) is 14.4. The van der Waals surface area contributed by atoms with Gasteiger partial charge < -0.3 is 5.32 Å². The van der Waals surface area contributed by atoms with Gasteiger partial charge in [0.1, 0.15) is 0 Å². The Morgan fingerprint density at radius 1 is 1.13 bits per heavy atom. The minimum Gasteiger partial charge on any atom is -0.302 e. The van der Waals surface area contributed by atoms with E-state index in [1.165, 1.54) is 22.3 Å². The largest absolute Gasteiger partial charge is 0.302 e. The fourth-order valence-corrected chi connectivity index (χ4v) is 4.19. The number of aryl methyl sites for hydroxylation is 1. The minimum atomic E-state index is 0.0135. The van der Waals surface area contributed by atoms with Crippen molar-refractivity contribution in [1.82, 2.24) is 4.98 Å². The van der Waals surface area contributed by atoms with E-state index in [9.17, 15) is 4.79 Å². The first kappa shape index (κ1) is 14.4. The fourth-order valence-electron chi connectivity index (χ4n) is 2.59. The lowest BCUT2D eigenvalue weighted by molar-refractivity contribution is -0.116. The van der Waals surface area contributed by atoms with Gasteiger partial charge in [-0.3, -0.25) is 4.79 Å². The van der Waals surface area contributed by atoms with Crippen molar-refractivity contribution in [3.63, 3.8) is 0 Å². The Morgan fingerprint density at radius 2 is 2.04 bits per heavy atom. The number of rotatable bonds is 4. The first-order valence-electron chi connectivity index (χ1n) is 7.39. The third-order valence-electron chi connectivity index (χ3n) is 3.75. The van der Waals surface area contributed by atoms with Gasteiger partial charge in [-0.25, -0.2) is 4.98 Å². The summed E-state index contributed by atoms with van der Waals surface area (Å²) in [5, 5.41) is 10.0. The van der Waals surface area contributed by atoms with Crippen molar-refractivity contribution < 1.29 is 4.79 Å². The molecule has 3 nitrogen and oxygen atoms in total. The van der Waals surface area contributed by atoms with Gasteiger partial charge in [0.2, 0.25) is 5.91 Å². The summed E-state index contributed by atoms with van der Waals surface area (Å²) in [6.07, 6.45) is 1.25. The van der Waals surface area contributed by atoms with Crippen LogP contribution in [0.1, 0.15) is 12.0 Å². The molecular formula is C18H14N2OS2. The molecule has 1 N–H and O–H groups in total. The summed E-state index contributed by atoms with van der Waals surface area (Å²) < 4.78 is 1.09. The number of nitrogens with one attached hydrogen (secondary N) is 1. The van der Waals surface area contributed by atoms with Gasteiger partial charge in [0.25, 0.3) is 0 Å². The van der Waals surface area contributed by atoms with E-state index in [0.29, 0.717) is 11.6 Å². The predicted octanol–water partition coefficient (Wildman–Crippen LogP) is 5.08. The first-order chi connectivity index (χ1) is 11.3. The third-order valence-corrected chi connectivity index (χ3v) is 5.42. The topological polar surface area (TPSA) is 42.0 Å². The van der Waals surface area contributed by atoms with Crippen LogP contribution in [0.15, 0.2) is 53.2 Å². The van der Waals surface area contributed by atoms with Crippen molar-refractivity contribution in [3.8, 4) is 0 Å². The highest BCUT2D eigenvalue weighted by atomic mass is 32.1. The van der Waals surface area contributed by atoms with Crippen LogP contribution in [-0.4, -0.2) is 10.9 Å². The molecule has 0 unspecified atom stereocenters. The summed E-state index contributed by atoms with van der Waals surface area (Å²) in [4.78, 5) is 16.7. The van der Waals surface area contributed by atoms with Gasteiger partial charge in [-0.05, 0) is 40.3 Å². The molecule has 2 aromatic carbocycles. The minimum absolute atomic E-state index is 0.0135. The molecule has 114 valence electrons. The molecule has 0 atom stereocenters. The van der Waals surface area contributed by atoms with Gasteiger partial charge >= 0.3 is 0 Å². The Kier molecular flexibility index (Phi) is 3.81. The van der Waals surface area contributed by atoms with Crippen molar-refractivity contribution in [2.75, 3.05) is 5.32 Å². The monoisotopic (exact) mass is 338 g/mol. The molecule has 2 heterocycles. The SMILES string of the molecule is O=C(CCc1ccsc1)Nc1nc2c(ccc3ccccc32)s1. The van der Waals surface area contributed by atoms with E-state index in [0.717, 1.165) is 22.0 Å². The summed E-state index contributed by atoms with van der Waals surface area (Å²) in [7, 11) is 0. The van der Waals surface area contributed by atoms with Gasteiger partial charge in [-0.15, -0.1) is 0 Å². The molecule has 0 aliphatic rings. The van der Waals surface area contributed by atoms with Crippen molar-refractivity contribution in [3.05, 3.63) is 58.8 Å². The molecule has 0 aliphatic heterocycles. The molecule has 0 spiro atoms. The van der Waals surface area contributed by atoms with E-state index >= 15 is 0 Å². The molecule has 5 heteroatoms. The number of anilines is 1. The van der Waals surface area contributed by atoms with Crippen molar-refractivity contribution in [1.29, 1.82) is 0 Å². The Labute approximate surface area is 141 Å². The van der Waals surface area contributed by atoms with Gasteiger partial charge in [-0.2, -0.15) is 11.3 Å². The Balaban J connectivity index is 1.55. The van der Waals surface area contributed by atoms with E-state index in [-0.39, 0.29) is 5.91 Å². The number of thiazole rings is 1. The van der Waals surface area contributed by atoms with Crippen LogP contribution in [0.4, 0.5) is 5.13 Å². The normalized spacial score (nSPS) is 11.1. The molecule has 1 amide bonds. The highest BCUT2D eigenvalue weighted by Crippen LogP contribution is 2.31. The second kappa shape index (κ2) is 6.10. The zero-order chi connectivity index (χ0) is 15.6. The first-order valence-corrected chi connectivity index (χ1v) is 9.15. The number of hydrogen-bond donors (Lipinski definition) is 1. The van der Waals surface area contributed by atoms with Crippen LogP contribution in [-0.2, 0) is 11.2 Å². The van der Waals surface area contributed by atoms with Gasteiger partial charge in [0, 0.05) is 11.8 Å². The number of fused-ring (bicyclic) bond motifs is 3. The number of thiophene rings is 1. The maximum atomic E-state index is 12.1. The van der Waals surface area contributed by atoms with Crippen LogP contribution in [0, 0.1) is 0 Å². The molecule has 4 rings (SSSR count). The van der Waals surface area contributed by atoms with Crippen LogP contribution < -0.4 is 5.32 Å². The van der Waals surface area contributed by atoms with E-state index < -0.39 is 0 Å². The summed E-state index contributed by atoms with van der Waals surface area (Å²) in [6.45, 7) is 0. The molecule has 0 radical (unpaired) electrons. The third kappa shape index (κ3) is 2.98. The van der Waals surface area contributed by atoms with Crippen LogP contribution in [0.2, 0.25) is 0 Å². The van der Waals surface area contributed by atoms with E-state index in [1.54, 1.807) is 11.3 Å². The molecular weight excluding hydrogens is 324 g/mol. The summed E-state index contributed by atoms with van der Waals surface area (Å²) in [5.74, 6) is 0.0135. The van der Waals surface area contributed by atoms with Crippen molar-refractivity contribution >= 4 is 54.7 Å². The Hall–Kier alpha value is -2.24.